The lowest BCUT2D eigenvalue weighted by atomic mass is 10.3. The van der Waals surface area contributed by atoms with E-state index in [1.807, 2.05) is 7.05 Å². The van der Waals surface area contributed by atoms with Gasteiger partial charge in [0.15, 0.2) is 5.82 Å². The minimum atomic E-state index is 0.872. The van der Waals surface area contributed by atoms with Crippen molar-refractivity contribution in [2.24, 2.45) is 7.05 Å². The third kappa shape index (κ3) is 3.70. The molecule has 0 aliphatic heterocycles. The van der Waals surface area contributed by atoms with Crippen molar-refractivity contribution in [3.8, 4) is 0 Å². The molecule has 1 N–H and O–H groups in total. The van der Waals surface area contributed by atoms with Gasteiger partial charge < -0.3 is 9.88 Å². The molecule has 2 aromatic rings. The van der Waals surface area contributed by atoms with Gasteiger partial charge in [0.2, 0.25) is 0 Å². The highest BCUT2D eigenvalue weighted by Gasteiger charge is 1.99. The normalized spacial score (nSPS) is 11.0. The fraction of sp³-hybridized carbons (Fsp3) is 0.538. The van der Waals surface area contributed by atoms with Gasteiger partial charge in [-0.1, -0.05) is 6.92 Å². The van der Waals surface area contributed by atoms with Gasteiger partial charge in [-0.05, 0) is 18.1 Å². The molecule has 0 bridgehead atoms. The van der Waals surface area contributed by atoms with Crippen LogP contribution in [-0.4, -0.2) is 25.9 Å². The highest BCUT2D eigenvalue weighted by atomic mass is 15.3. The molecule has 98 valence electrons. The smallest absolute Gasteiger partial charge is 0.151 e. The van der Waals surface area contributed by atoms with Crippen molar-refractivity contribution in [1.29, 1.82) is 0 Å². The molecule has 0 fully saturated rings. The van der Waals surface area contributed by atoms with E-state index in [1.54, 1.807) is 11.0 Å². The van der Waals surface area contributed by atoms with E-state index >= 15 is 0 Å². The number of rotatable bonds is 7. The zero-order valence-electron chi connectivity index (χ0n) is 11.1. The van der Waals surface area contributed by atoms with E-state index in [-0.39, 0.29) is 0 Å². The van der Waals surface area contributed by atoms with Crippen LogP contribution in [0.1, 0.15) is 24.7 Å². The molecular weight excluding hydrogens is 226 g/mol. The van der Waals surface area contributed by atoms with Crippen molar-refractivity contribution in [2.45, 2.75) is 32.9 Å². The SMILES string of the molecule is CCCn1ccc(CNCCc2ncn(C)n2)c1. The molecule has 2 rings (SSSR count). The second kappa shape index (κ2) is 6.35. The summed E-state index contributed by atoms with van der Waals surface area (Å²) in [4.78, 5) is 4.20. The van der Waals surface area contributed by atoms with Gasteiger partial charge in [-0.15, -0.1) is 0 Å². The molecule has 0 unspecified atom stereocenters. The first-order valence-electron chi connectivity index (χ1n) is 6.48. The molecule has 2 heterocycles. The summed E-state index contributed by atoms with van der Waals surface area (Å²) < 4.78 is 3.97. The molecule has 0 saturated carbocycles. The van der Waals surface area contributed by atoms with Gasteiger partial charge in [-0.25, -0.2) is 4.98 Å². The number of aromatic nitrogens is 4. The van der Waals surface area contributed by atoms with E-state index in [0.717, 1.165) is 31.9 Å². The standard InChI is InChI=1S/C13H21N5/c1-3-7-18-8-5-12(10-18)9-14-6-4-13-15-11-17(2)16-13/h5,8,10-11,14H,3-4,6-7,9H2,1-2H3. The Morgan fingerprint density at radius 2 is 2.28 bits per heavy atom. The van der Waals surface area contributed by atoms with Crippen molar-refractivity contribution in [3.05, 3.63) is 36.2 Å². The Bertz CT molecular complexity index is 471. The maximum Gasteiger partial charge on any atom is 0.151 e. The maximum atomic E-state index is 4.25. The zero-order valence-corrected chi connectivity index (χ0v) is 11.1. The molecule has 0 aliphatic carbocycles. The molecule has 5 heteroatoms. The number of hydrogen-bond donors (Lipinski definition) is 1. The summed E-state index contributed by atoms with van der Waals surface area (Å²) in [5.41, 5.74) is 1.33. The highest BCUT2D eigenvalue weighted by molar-refractivity contribution is 5.09. The van der Waals surface area contributed by atoms with Crippen molar-refractivity contribution in [2.75, 3.05) is 6.54 Å². The van der Waals surface area contributed by atoms with E-state index in [2.05, 4.69) is 45.4 Å². The first-order valence-corrected chi connectivity index (χ1v) is 6.48. The lowest BCUT2D eigenvalue weighted by molar-refractivity contribution is 0.653. The predicted molar refractivity (Wildman–Crippen MR) is 71.1 cm³/mol. The van der Waals surface area contributed by atoms with Gasteiger partial charge in [0, 0.05) is 45.5 Å². The third-order valence-corrected chi connectivity index (χ3v) is 2.80. The largest absolute Gasteiger partial charge is 0.354 e. The Balaban J connectivity index is 1.68. The lowest BCUT2D eigenvalue weighted by Crippen LogP contribution is -2.17. The third-order valence-electron chi connectivity index (χ3n) is 2.80. The van der Waals surface area contributed by atoms with Crippen LogP contribution in [0.4, 0.5) is 0 Å². The molecular formula is C13H21N5. The number of nitrogens with one attached hydrogen (secondary N) is 1. The summed E-state index contributed by atoms with van der Waals surface area (Å²) in [6, 6.07) is 2.17. The molecule has 5 nitrogen and oxygen atoms in total. The van der Waals surface area contributed by atoms with Crippen LogP contribution in [0.5, 0.6) is 0 Å². The monoisotopic (exact) mass is 247 g/mol. The van der Waals surface area contributed by atoms with Crippen LogP contribution in [0.15, 0.2) is 24.8 Å². The summed E-state index contributed by atoms with van der Waals surface area (Å²) in [5.74, 6) is 0.897. The number of nitrogens with zero attached hydrogens (tertiary/aromatic N) is 4. The molecule has 0 aliphatic rings. The molecule has 0 spiro atoms. The minimum absolute atomic E-state index is 0.872. The van der Waals surface area contributed by atoms with Crippen LogP contribution in [0.3, 0.4) is 0 Å². The summed E-state index contributed by atoms with van der Waals surface area (Å²) in [7, 11) is 1.89. The summed E-state index contributed by atoms with van der Waals surface area (Å²) >= 11 is 0. The molecule has 18 heavy (non-hydrogen) atoms. The van der Waals surface area contributed by atoms with Crippen LogP contribution in [0.25, 0.3) is 0 Å². The Hall–Kier alpha value is -1.62. The van der Waals surface area contributed by atoms with E-state index < -0.39 is 0 Å². The number of aryl methyl sites for hydroxylation is 2. The van der Waals surface area contributed by atoms with Crippen LogP contribution in [0.2, 0.25) is 0 Å². The van der Waals surface area contributed by atoms with Crippen molar-refractivity contribution in [1.82, 2.24) is 24.6 Å². The second-order valence-corrected chi connectivity index (χ2v) is 4.52. The van der Waals surface area contributed by atoms with Crippen molar-refractivity contribution >= 4 is 0 Å². The van der Waals surface area contributed by atoms with E-state index in [1.165, 1.54) is 12.0 Å². The summed E-state index contributed by atoms with van der Waals surface area (Å²) in [5, 5.41) is 7.66. The van der Waals surface area contributed by atoms with Gasteiger partial charge in [-0.3, -0.25) is 4.68 Å². The maximum absolute atomic E-state index is 4.25. The molecule has 0 radical (unpaired) electrons. The lowest BCUT2D eigenvalue weighted by Gasteiger charge is -2.01. The van der Waals surface area contributed by atoms with Gasteiger partial charge in [0.25, 0.3) is 0 Å². The Morgan fingerprint density at radius 3 is 3.00 bits per heavy atom. The highest BCUT2D eigenvalue weighted by Crippen LogP contribution is 2.01. The minimum Gasteiger partial charge on any atom is -0.354 e. The first-order chi connectivity index (χ1) is 8.78. The van der Waals surface area contributed by atoms with Gasteiger partial charge in [0.05, 0.1) is 0 Å². The average molecular weight is 247 g/mol. The quantitative estimate of drug-likeness (QED) is 0.752. The van der Waals surface area contributed by atoms with Crippen LogP contribution >= 0.6 is 0 Å². The number of hydrogen-bond acceptors (Lipinski definition) is 3. The fourth-order valence-corrected chi connectivity index (χ4v) is 1.92. The molecule has 0 aromatic carbocycles. The van der Waals surface area contributed by atoms with Crippen molar-refractivity contribution < 1.29 is 0 Å². The van der Waals surface area contributed by atoms with E-state index in [0.29, 0.717) is 0 Å². The Morgan fingerprint density at radius 1 is 1.39 bits per heavy atom. The van der Waals surface area contributed by atoms with Gasteiger partial charge in [0.1, 0.15) is 6.33 Å². The predicted octanol–water partition coefficient (Wildman–Crippen LogP) is 1.36. The topological polar surface area (TPSA) is 47.7 Å². The molecule has 0 saturated heterocycles. The van der Waals surface area contributed by atoms with Gasteiger partial charge in [-0.2, -0.15) is 5.10 Å². The van der Waals surface area contributed by atoms with Crippen LogP contribution in [-0.2, 0) is 26.6 Å². The Labute approximate surface area is 108 Å². The zero-order chi connectivity index (χ0) is 12.8. The fourth-order valence-electron chi connectivity index (χ4n) is 1.92. The molecule has 0 atom stereocenters. The van der Waals surface area contributed by atoms with Crippen LogP contribution in [0, 0.1) is 0 Å². The summed E-state index contributed by atoms with van der Waals surface area (Å²) in [6.45, 7) is 5.10. The molecule has 0 amide bonds. The van der Waals surface area contributed by atoms with Crippen molar-refractivity contribution in [3.63, 3.8) is 0 Å². The van der Waals surface area contributed by atoms with E-state index in [9.17, 15) is 0 Å². The first kappa shape index (κ1) is 12.8. The summed E-state index contributed by atoms with van der Waals surface area (Å²) in [6.07, 6.45) is 8.12. The average Bonchev–Trinajstić information content (AvgIpc) is 2.95. The molecule has 2 aromatic heterocycles. The second-order valence-electron chi connectivity index (χ2n) is 4.52. The van der Waals surface area contributed by atoms with E-state index in [4.69, 9.17) is 0 Å². The van der Waals surface area contributed by atoms with Gasteiger partial charge >= 0.3 is 0 Å². The Kier molecular flexibility index (Phi) is 4.52. The van der Waals surface area contributed by atoms with Crippen LogP contribution < -0.4 is 5.32 Å².